The van der Waals surface area contributed by atoms with E-state index in [1.807, 2.05) is 6.55 Å². The van der Waals surface area contributed by atoms with Crippen molar-refractivity contribution in [1.82, 2.24) is 0 Å². The molecule has 1 aromatic carbocycles. The van der Waals surface area contributed by atoms with Crippen molar-refractivity contribution in [3.8, 4) is 0 Å². The molecule has 0 aliphatic rings. The molecule has 120 valence electrons. The van der Waals surface area contributed by atoms with Gasteiger partial charge in [0.15, 0.2) is 23.3 Å². The first-order valence-electron chi connectivity index (χ1n) is 6.38. The first-order chi connectivity index (χ1) is 9.77. The minimum atomic E-state index is -2.29. The normalized spacial score (nSPS) is 12.0. The van der Waals surface area contributed by atoms with Crippen molar-refractivity contribution >= 4 is 8.56 Å². The smallest absolute Gasteiger partial charge is 0.334 e. The number of rotatable bonds is 7. The number of hydrogen-bond acceptors (Lipinski definition) is 2. The largest absolute Gasteiger partial charge is 0.398 e. The van der Waals surface area contributed by atoms with Crippen LogP contribution in [-0.4, -0.2) is 22.8 Å². The topological polar surface area (TPSA) is 18.5 Å². The van der Waals surface area contributed by atoms with E-state index in [1.54, 1.807) is 0 Å². The fourth-order valence-corrected chi connectivity index (χ4v) is 3.37. The molecule has 0 saturated heterocycles. The molecule has 1 aromatic rings. The van der Waals surface area contributed by atoms with Gasteiger partial charge >= 0.3 is 8.56 Å². The third-order valence-electron chi connectivity index (χ3n) is 3.47. The fourth-order valence-electron chi connectivity index (χ4n) is 1.91. The van der Waals surface area contributed by atoms with E-state index in [2.05, 4.69) is 0 Å². The molecule has 0 N–H and O–H groups in total. The third kappa shape index (κ3) is 4.01. The standard InChI is InChI=1S/C13H17F5O2Si/c1-19-21(3,20-2)7-5-4-6-8-9(14)11(16)13(18)12(17)10(8)15/h4-7H2,1-3H3. The number of halogens is 5. The van der Waals surface area contributed by atoms with Gasteiger partial charge in [-0.05, 0) is 25.4 Å². The van der Waals surface area contributed by atoms with E-state index in [0.717, 1.165) is 0 Å². The molecule has 0 atom stereocenters. The Hall–Kier alpha value is -0.993. The Balaban J connectivity index is 2.73. The van der Waals surface area contributed by atoms with Crippen molar-refractivity contribution in [2.45, 2.75) is 31.9 Å². The predicted octanol–water partition coefficient (Wildman–Crippen LogP) is 4.07. The predicted molar refractivity (Wildman–Crippen MR) is 69.6 cm³/mol. The van der Waals surface area contributed by atoms with Crippen molar-refractivity contribution in [2.75, 3.05) is 14.2 Å². The SMILES string of the molecule is CO[Si](C)(CCCCc1c(F)c(F)c(F)c(F)c1F)OC. The Morgan fingerprint density at radius 1 is 0.762 bits per heavy atom. The Morgan fingerprint density at radius 2 is 1.19 bits per heavy atom. The zero-order valence-electron chi connectivity index (χ0n) is 12.0. The van der Waals surface area contributed by atoms with Crippen molar-refractivity contribution in [3.63, 3.8) is 0 Å². The van der Waals surface area contributed by atoms with Gasteiger partial charge in [-0.15, -0.1) is 0 Å². The van der Waals surface area contributed by atoms with Crippen LogP contribution in [0.25, 0.3) is 0 Å². The summed E-state index contributed by atoms with van der Waals surface area (Å²) in [5, 5.41) is 0. The summed E-state index contributed by atoms with van der Waals surface area (Å²) >= 11 is 0. The van der Waals surface area contributed by atoms with Crippen LogP contribution in [0, 0.1) is 29.1 Å². The van der Waals surface area contributed by atoms with Crippen molar-refractivity contribution < 1.29 is 30.8 Å². The summed E-state index contributed by atoms with van der Waals surface area (Å²) in [5.41, 5.74) is -0.774. The summed E-state index contributed by atoms with van der Waals surface area (Å²) < 4.78 is 76.3. The molecule has 0 fully saturated rings. The van der Waals surface area contributed by atoms with E-state index in [1.165, 1.54) is 14.2 Å². The molecular weight excluding hydrogens is 311 g/mol. The van der Waals surface area contributed by atoms with Gasteiger partial charge in [-0.2, -0.15) is 0 Å². The van der Waals surface area contributed by atoms with E-state index >= 15 is 0 Å². The molecule has 0 amide bonds. The zero-order chi connectivity index (χ0) is 16.2. The van der Waals surface area contributed by atoms with E-state index in [9.17, 15) is 22.0 Å². The molecule has 0 saturated carbocycles. The maximum Gasteiger partial charge on any atom is 0.334 e. The van der Waals surface area contributed by atoms with Crippen LogP contribution in [0.5, 0.6) is 0 Å². The van der Waals surface area contributed by atoms with Gasteiger partial charge in [-0.3, -0.25) is 0 Å². The van der Waals surface area contributed by atoms with Gasteiger partial charge in [0, 0.05) is 19.8 Å². The van der Waals surface area contributed by atoms with Crippen LogP contribution < -0.4 is 0 Å². The van der Waals surface area contributed by atoms with Crippen LogP contribution in [0.15, 0.2) is 0 Å². The fraction of sp³-hybridized carbons (Fsp3) is 0.538. The monoisotopic (exact) mass is 328 g/mol. The van der Waals surface area contributed by atoms with Crippen LogP contribution in [0.1, 0.15) is 18.4 Å². The summed E-state index contributed by atoms with van der Waals surface area (Å²) in [4.78, 5) is 0. The molecular formula is C13H17F5O2Si. The number of hydrogen-bond donors (Lipinski definition) is 0. The lowest BCUT2D eigenvalue weighted by molar-refractivity contribution is 0.248. The van der Waals surface area contributed by atoms with E-state index in [0.29, 0.717) is 12.5 Å². The summed E-state index contributed by atoms with van der Waals surface area (Å²) in [7, 11) is 0.738. The molecule has 8 heteroatoms. The molecule has 0 bridgehead atoms. The van der Waals surface area contributed by atoms with Crippen LogP contribution in [-0.2, 0) is 15.3 Å². The number of benzene rings is 1. The van der Waals surface area contributed by atoms with Gasteiger partial charge in [-0.25, -0.2) is 22.0 Å². The Kier molecular flexibility index (Phi) is 6.30. The first-order valence-corrected chi connectivity index (χ1v) is 8.90. The van der Waals surface area contributed by atoms with Crippen molar-refractivity contribution in [1.29, 1.82) is 0 Å². The lowest BCUT2D eigenvalue weighted by Crippen LogP contribution is -2.35. The molecule has 0 heterocycles. The average Bonchev–Trinajstić information content (AvgIpc) is 2.50. The highest BCUT2D eigenvalue weighted by Crippen LogP contribution is 2.25. The lowest BCUT2D eigenvalue weighted by atomic mass is 10.1. The highest BCUT2D eigenvalue weighted by Gasteiger charge is 2.28. The van der Waals surface area contributed by atoms with Gasteiger partial charge in [0.05, 0.1) is 0 Å². The lowest BCUT2D eigenvalue weighted by Gasteiger charge is -2.22. The van der Waals surface area contributed by atoms with Crippen LogP contribution in [0.2, 0.25) is 12.6 Å². The van der Waals surface area contributed by atoms with E-state index in [4.69, 9.17) is 8.85 Å². The molecule has 1 rings (SSSR count). The second-order valence-corrected chi connectivity index (χ2v) is 8.38. The highest BCUT2D eigenvalue weighted by molar-refractivity contribution is 6.65. The van der Waals surface area contributed by atoms with Crippen LogP contribution in [0.4, 0.5) is 22.0 Å². The summed E-state index contributed by atoms with van der Waals surface area (Å²) in [5.74, 6) is -9.46. The molecule has 0 unspecified atom stereocenters. The Bertz CT molecular complexity index is 477. The molecule has 0 aromatic heterocycles. The first kappa shape index (κ1) is 18.1. The quantitative estimate of drug-likeness (QED) is 0.247. The van der Waals surface area contributed by atoms with Crippen LogP contribution >= 0.6 is 0 Å². The molecule has 0 aliphatic carbocycles. The average molecular weight is 328 g/mol. The molecule has 0 spiro atoms. The van der Waals surface area contributed by atoms with Gasteiger partial charge in [-0.1, -0.05) is 6.42 Å². The second-order valence-electron chi connectivity index (χ2n) is 4.80. The van der Waals surface area contributed by atoms with Crippen molar-refractivity contribution in [2.24, 2.45) is 0 Å². The van der Waals surface area contributed by atoms with Gasteiger partial charge in [0.25, 0.3) is 0 Å². The molecule has 21 heavy (non-hydrogen) atoms. The zero-order valence-corrected chi connectivity index (χ0v) is 13.0. The Morgan fingerprint density at radius 3 is 1.62 bits per heavy atom. The Labute approximate surface area is 121 Å². The second kappa shape index (κ2) is 7.32. The van der Waals surface area contributed by atoms with Gasteiger partial charge < -0.3 is 8.85 Å². The highest BCUT2D eigenvalue weighted by atomic mass is 28.4. The van der Waals surface area contributed by atoms with Gasteiger partial charge in [0.1, 0.15) is 0 Å². The summed E-state index contributed by atoms with van der Waals surface area (Å²) in [6.45, 7) is 1.82. The third-order valence-corrected chi connectivity index (χ3v) is 6.46. The maximum atomic E-state index is 13.4. The van der Waals surface area contributed by atoms with Crippen LogP contribution in [0.3, 0.4) is 0 Å². The summed E-state index contributed by atoms with van der Waals surface area (Å²) in [6.07, 6.45) is 0.543. The van der Waals surface area contributed by atoms with E-state index < -0.39 is 43.2 Å². The minimum Gasteiger partial charge on any atom is -0.398 e. The van der Waals surface area contributed by atoms with Gasteiger partial charge in [0.2, 0.25) is 5.82 Å². The minimum absolute atomic E-state index is 0.232. The molecule has 0 aliphatic heterocycles. The van der Waals surface area contributed by atoms with Crippen molar-refractivity contribution in [3.05, 3.63) is 34.6 Å². The number of unbranched alkanes of at least 4 members (excludes halogenated alkanes) is 1. The molecule has 0 radical (unpaired) electrons. The van der Waals surface area contributed by atoms with E-state index in [-0.39, 0.29) is 12.8 Å². The summed E-state index contributed by atoms with van der Waals surface area (Å²) in [6, 6.07) is 0.565. The maximum absolute atomic E-state index is 13.4. The molecule has 2 nitrogen and oxygen atoms in total.